The van der Waals surface area contributed by atoms with Crippen LogP contribution >= 0.6 is 0 Å². The van der Waals surface area contributed by atoms with Gasteiger partial charge in [0.2, 0.25) is 0 Å². The number of ether oxygens (including phenoxy) is 2. The number of morpholine rings is 1. The van der Waals surface area contributed by atoms with E-state index in [2.05, 4.69) is 35.1 Å². The number of nitrogens with one attached hydrogen (secondary N) is 1. The summed E-state index contributed by atoms with van der Waals surface area (Å²) in [5.74, 6) is 0. The minimum absolute atomic E-state index is 0.132. The molecule has 0 radical (unpaired) electrons. The molecule has 218 valence electrons. The van der Waals surface area contributed by atoms with Gasteiger partial charge in [0.15, 0.2) is 0 Å². The van der Waals surface area contributed by atoms with Crippen molar-refractivity contribution in [2.45, 2.75) is 64.9 Å². The largest absolute Gasteiger partial charge is 0.444 e. The summed E-state index contributed by atoms with van der Waals surface area (Å²) in [7, 11) is 0. The molecule has 0 bridgehead atoms. The molecule has 1 N–H and O–H groups in total. The standard InChI is InChI=1S/C31H38FN5O4/c1-19-14-33-28-24(19)13-22(15-34-28)21-11-20-5-7-36(29(38)35-8-6-23(32)16-35)17-26(20)25(12-21)27-18-40-10-9-37(27)30(39)41-31(2,3)4/h11-15,23,27H,5-10,16-18H2,1-4H3,(H,33,34)/t23-,27+/m1/s1. The van der Waals surface area contributed by atoms with Crippen molar-refractivity contribution in [1.29, 1.82) is 0 Å². The molecule has 10 heteroatoms. The molecular formula is C31H38FN5O4. The predicted molar refractivity (Wildman–Crippen MR) is 153 cm³/mol. The van der Waals surface area contributed by atoms with Crippen LogP contribution in [0.15, 0.2) is 30.6 Å². The molecule has 3 aromatic rings. The van der Waals surface area contributed by atoms with E-state index in [0.717, 1.165) is 44.4 Å². The number of urea groups is 1. The van der Waals surface area contributed by atoms with E-state index in [9.17, 15) is 14.0 Å². The Kier molecular flexibility index (Phi) is 7.13. The second kappa shape index (κ2) is 10.6. The fourth-order valence-corrected chi connectivity index (χ4v) is 6.11. The van der Waals surface area contributed by atoms with Gasteiger partial charge in [-0.05, 0) is 80.5 Å². The summed E-state index contributed by atoms with van der Waals surface area (Å²) in [6.07, 6.45) is 3.51. The maximum atomic E-state index is 13.9. The average Bonchev–Trinajstić information content (AvgIpc) is 3.55. The lowest BCUT2D eigenvalue weighted by Gasteiger charge is -2.40. The number of alkyl halides is 1. The first-order chi connectivity index (χ1) is 19.6. The highest BCUT2D eigenvalue weighted by molar-refractivity contribution is 5.85. The highest BCUT2D eigenvalue weighted by Crippen LogP contribution is 2.37. The highest BCUT2D eigenvalue weighted by Gasteiger charge is 2.37. The first-order valence-electron chi connectivity index (χ1n) is 14.4. The first-order valence-corrected chi connectivity index (χ1v) is 14.4. The van der Waals surface area contributed by atoms with Crippen LogP contribution in [0.25, 0.3) is 22.2 Å². The zero-order chi connectivity index (χ0) is 28.9. The van der Waals surface area contributed by atoms with E-state index in [1.807, 2.05) is 38.1 Å². The Balaban J connectivity index is 1.41. The number of rotatable bonds is 2. The van der Waals surface area contributed by atoms with Gasteiger partial charge in [-0.2, -0.15) is 0 Å². The molecule has 41 heavy (non-hydrogen) atoms. The molecule has 6 rings (SSSR count). The number of hydrogen-bond donors (Lipinski definition) is 1. The maximum Gasteiger partial charge on any atom is 0.410 e. The second-order valence-electron chi connectivity index (χ2n) is 12.3. The number of carbonyl (C=O) groups is 2. The first kappa shape index (κ1) is 27.5. The van der Waals surface area contributed by atoms with E-state index in [-0.39, 0.29) is 24.7 Å². The van der Waals surface area contributed by atoms with Crippen LogP contribution in [0.4, 0.5) is 14.0 Å². The van der Waals surface area contributed by atoms with Crippen molar-refractivity contribution in [3.63, 3.8) is 0 Å². The average molecular weight is 564 g/mol. The van der Waals surface area contributed by atoms with Gasteiger partial charge in [0.05, 0.1) is 25.8 Å². The van der Waals surface area contributed by atoms with Crippen LogP contribution in [0, 0.1) is 6.92 Å². The van der Waals surface area contributed by atoms with Gasteiger partial charge < -0.3 is 24.3 Å². The summed E-state index contributed by atoms with van der Waals surface area (Å²) in [5.41, 5.74) is 6.40. The molecular weight excluding hydrogens is 525 g/mol. The van der Waals surface area contributed by atoms with Gasteiger partial charge in [-0.1, -0.05) is 6.07 Å². The van der Waals surface area contributed by atoms with Crippen LogP contribution in [0.2, 0.25) is 0 Å². The Morgan fingerprint density at radius 2 is 1.95 bits per heavy atom. The van der Waals surface area contributed by atoms with E-state index < -0.39 is 11.8 Å². The molecule has 3 aliphatic heterocycles. The van der Waals surface area contributed by atoms with Crippen LogP contribution in [-0.2, 0) is 22.4 Å². The van der Waals surface area contributed by atoms with Gasteiger partial charge in [0, 0.05) is 49.5 Å². The second-order valence-corrected chi connectivity index (χ2v) is 12.3. The van der Waals surface area contributed by atoms with E-state index in [1.54, 1.807) is 9.80 Å². The van der Waals surface area contributed by atoms with Crippen LogP contribution < -0.4 is 0 Å². The van der Waals surface area contributed by atoms with Crippen molar-refractivity contribution in [2.24, 2.45) is 0 Å². The molecule has 2 saturated heterocycles. The monoisotopic (exact) mass is 563 g/mol. The molecule has 0 saturated carbocycles. The number of nitrogens with zero attached hydrogens (tertiary/aromatic N) is 4. The van der Waals surface area contributed by atoms with E-state index in [1.165, 1.54) is 0 Å². The van der Waals surface area contributed by atoms with Crippen LogP contribution in [-0.4, -0.2) is 88.0 Å². The predicted octanol–water partition coefficient (Wildman–Crippen LogP) is 5.37. The quantitative estimate of drug-likeness (QED) is 0.453. The Morgan fingerprint density at radius 3 is 2.71 bits per heavy atom. The summed E-state index contributed by atoms with van der Waals surface area (Å²) in [6, 6.07) is 5.92. The number of hydrogen-bond acceptors (Lipinski definition) is 5. The smallest absolute Gasteiger partial charge is 0.410 e. The molecule has 2 fully saturated rings. The molecule has 3 amide bonds. The fraction of sp³-hybridized carbons (Fsp3) is 0.516. The van der Waals surface area contributed by atoms with Gasteiger partial charge in [0.1, 0.15) is 17.4 Å². The molecule has 0 aliphatic carbocycles. The molecule has 0 spiro atoms. The van der Waals surface area contributed by atoms with Crippen molar-refractivity contribution in [2.75, 3.05) is 39.4 Å². The van der Waals surface area contributed by atoms with Crippen LogP contribution in [0.3, 0.4) is 0 Å². The lowest BCUT2D eigenvalue weighted by molar-refractivity contribution is -0.0334. The topological polar surface area (TPSA) is 91.0 Å². The Labute approximate surface area is 239 Å². The van der Waals surface area contributed by atoms with Crippen molar-refractivity contribution < 1.29 is 23.5 Å². The number of carbonyl (C=O) groups excluding carboxylic acids is 2. The number of fused-ring (bicyclic) bond motifs is 2. The highest BCUT2D eigenvalue weighted by atomic mass is 19.1. The fourth-order valence-electron chi connectivity index (χ4n) is 6.11. The maximum absolute atomic E-state index is 13.9. The minimum atomic E-state index is -0.967. The molecule has 5 heterocycles. The van der Waals surface area contributed by atoms with Gasteiger partial charge in [-0.25, -0.2) is 19.0 Å². The van der Waals surface area contributed by atoms with Crippen molar-refractivity contribution in [1.82, 2.24) is 24.7 Å². The van der Waals surface area contributed by atoms with E-state index in [4.69, 9.17) is 9.47 Å². The molecule has 0 unspecified atom stereocenters. The summed E-state index contributed by atoms with van der Waals surface area (Å²) in [5, 5.41) is 1.06. The minimum Gasteiger partial charge on any atom is -0.444 e. The Bertz CT molecular complexity index is 1480. The van der Waals surface area contributed by atoms with E-state index >= 15 is 0 Å². The molecule has 2 atom stereocenters. The van der Waals surface area contributed by atoms with Crippen molar-refractivity contribution >= 4 is 23.2 Å². The van der Waals surface area contributed by atoms with E-state index in [0.29, 0.717) is 52.2 Å². The number of benzene rings is 1. The summed E-state index contributed by atoms with van der Waals surface area (Å²) in [4.78, 5) is 39.8. The Morgan fingerprint density at radius 1 is 1.12 bits per heavy atom. The number of halogens is 1. The van der Waals surface area contributed by atoms with Gasteiger partial charge in [-0.15, -0.1) is 0 Å². The van der Waals surface area contributed by atoms with Gasteiger partial charge in [0.25, 0.3) is 0 Å². The lowest BCUT2D eigenvalue weighted by Crippen LogP contribution is -2.47. The molecule has 3 aliphatic rings. The summed E-state index contributed by atoms with van der Waals surface area (Å²) < 4.78 is 25.6. The number of aromatic amines is 1. The third-order valence-corrected chi connectivity index (χ3v) is 8.24. The zero-order valence-electron chi connectivity index (χ0n) is 24.2. The number of H-pyrrole nitrogens is 1. The van der Waals surface area contributed by atoms with Crippen molar-refractivity contribution in [3.8, 4) is 11.1 Å². The number of amides is 3. The number of pyridine rings is 1. The SMILES string of the molecule is Cc1c[nH]c2ncc(-c3cc4c(c([C@@H]5COCCN5C(=O)OC(C)(C)C)c3)CN(C(=O)N3CC[C@@H](F)C3)CC4)cc12. The van der Waals surface area contributed by atoms with Crippen LogP contribution in [0.1, 0.15) is 55.5 Å². The number of aromatic nitrogens is 2. The van der Waals surface area contributed by atoms with Gasteiger partial charge in [-0.3, -0.25) is 4.90 Å². The summed E-state index contributed by atoms with van der Waals surface area (Å²) in [6.45, 7) is 10.3. The lowest BCUT2D eigenvalue weighted by atomic mass is 9.87. The third kappa shape index (κ3) is 5.49. The van der Waals surface area contributed by atoms with Crippen molar-refractivity contribution in [3.05, 3.63) is 52.8 Å². The zero-order valence-corrected chi connectivity index (χ0v) is 24.2. The van der Waals surface area contributed by atoms with Crippen LogP contribution in [0.5, 0.6) is 0 Å². The molecule has 2 aromatic heterocycles. The number of likely N-dealkylation sites (tertiary alicyclic amines) is 1. The Hall–Kier alpha value is -3.66. The number of aryl methyl sites for hydroxylation is 1. The summed E-state index contributed by atoms with van der Waals surface area (Å²) >= 11 is 0. The van der Waals surface area contributed by atoms with Gasteiger partial charge >= 0.3 is 12.1 Å². The normalized spacial score (nSPS) is 21.3. The third-order valence-electron chi connectivity index (χ3n) is 8.24. The molecule has 1 aromatic carbocycles. The molecule has 9 nitrogen and oxygen atoms in total.